The lowest BCUT2D eigenvalue weighted by molar-refractivity contribution is 0.400. The third-order valence-electron chi connectivity index (χ3n) is 1.86. The highest BCUT2D eigenvalue weighted by Crippen LogP contribution is 2.16. The van der Waals surface area contributed by atoms with Gasteiger partial charge in [-0.15, -0.1) is 0 Å². The highest BCUT2D eigenvalue weighted by Gasteiger charge is 2.07. The largest absolute Gasteiger partial charge is 0.512 e. The lowest BCUT2D eigenvalue weighted by Gasteiger charge is -2.08. The van der Waals surface area contributed by atoms with Gasteiger partial charge in [-0.2, -0.15) is 0 Å². The van der Waals surface area contributed by atoms with Gasteiger partial charge < -0.3 is 5.11 Å². The summed E-state index contributed by atoms with van der Waals surface area (Å²) in [6.45, 7) is 5.59. The number of alkyl halides is 1. The molecule has 1 aromatic carbocycles. The highest BCUT2D eigenvalue weighted by molar-refractivity contribution is 14.1. The Bertz CT molecular complexity index is 307. The molecule has 0 aliphatic rings. The van der Waals surface area contributed by atoms with E-state index in [4.69, 9.17) is 5.11 Å². The van der Waals surface area contributed by atoms with Crippen LogP contribution in [-0.4, -0.2) is 9.03 Å². The minimum atomic E-state index is 0.111. The first-order valence-electron chi connectivity index (χ1n) is 4.17. The first-order chi connectivity index (χ1) is 6.09. The van der Waals surface area contributed by atoms with Crippen molar-refractivity contribution in [2.75, 3.05) is 0 Å². The Balaban J connectivity index is 2.69. The molecule has 0 spiro atoms. The number of hydrogen-bond acceptors (Lipinski definition) is 1. The van der Waals surface area contributed by atoms with Crippen LogP contribution in [0.25, 0.3) is 0 Å². The van der Waals surface area contributed by atoms with E-state index in [-0.39, 0.29) is 9.68 Å². The van der Waals surface area contributed by atoms with E-state index in [1.165, 1.54) is 11.1 Å². The fourth-order valence-corrected chi connectivity index (χ4v) is 1.67. The van der Waals surface area contributed by atoms with Gasteiger partial charge in [-0.1, -0.05) is 59.0 Å². The van der Waals surface area contributed by atoms with Crippen LogP contribution in [0.4, 0.5) is 0 Å². The third-order valence-corrected chi connectivity index (χ3v) is 3.02. The van der Waals surface area contributed by atoms with Crippen LogP contribution >= 0.6 is 22.6 Å². The second kappa shape index (κ2) is 4.65. The maximum absolute atomic E-state index is 9.15. The van der Waals surface area contributed by atoms with Gasteiger partial charge in [0.15, 0.2) is 0 Å². The molecule has 0 fully saturated rings. The molecule has 1 atom stereocenters. The SMILES string of the molecule is C=C(O)C(I)Cc1cccc(C)c1. The molecule has 0 radical (unpaired) electrons. The lowest BCUT2D eigenvalue weighted by Crippen LogP contribution is -2.04. The van der Waals surface area contributed by atoms with E-state index in [0.29, 0.717) is 0 Å². The number of rotatable bonds is 3. The van der Waals surface area contributed by atoms with Crippen LogP contribution in [0.3, 0.4) is 0 Å². The summed E-state index contributed by atoms with van der Waals surface area (Å²) in [5.41, 5.74) is 2.50. The van der Waals surface area contributed by atoms with E-state index in [9.17, 15) is 0 Å². The third kappa shape index (κ3) is 3.38. The van der Waals surface area contributed by atoms with E-state index >= 15 is 0 Å². The van der Waals surface area contributed by atoms with Gasteiger partial charge in [0.2, 0.25) is 0 Å². The summed E-state index contributed by atoms with van der Waals surface area (Å²) >= 11 is 2.20. The van der Waals surface area contributed by atoms with Gasteiger partial charge in [0.25, 0.3) is 0 Å². The second-order valence-electron chi connectivity index (χ2n) is 3.15. The quantitative estimate of drug-likeness (QED) is 0.513. The van der Waals surface area contributed by atoms with E-state index in [1.807, 2.05) is 6.07 Å². The van der Waals surface area contributed by atoms with Crippen molar-refractivity contribution in [2.24, 2.45) is 0 Å². The van der Waals surface area contributed by atoms with Crippen LogP contribution in [0.2, 0.25) is 0 Å². The van der Waals surface area contributed by atoms with Crippen molar-refractivity contribution in [3.05, 3.63) is 47.7 Å². The molecule has 0 saturated carbocycles. The number of aliphatic hydroxyl groups is 1. The van der Waals surface area contributed by atoms with Crippen molar-refractivity contribution in [1.82, 2.24) is 0 Å². The zero-order chi connectivity index (χ0) is 9.84. The van der Waals surface area contributed by atoms with Crippen molar-refractivity contribution in [3.63, 3.8) is 0 Å². The van der Waals surface area contributed by atoms with Crippen LogP contribution in [0.15, 0.2) is 36.6 Å². The molecule has 0 aromatic heterocycles. The number of aliphatic hydroxyl groups excluding tert-OH is 1. The van der Waals surface area contributed by atoms with Gasteiger partial charge in [0.05, 0.1) is 9.68 Å². The second-order valence-corrected chi connectivity index (χ2v) is 4.66. The molecule has 1 rings (SSSR count). The predicted octanol–water partition coefficient (Wildman–Crippen LogP) is 3.41. The average Bonchev–Trinajstić information content (AvgIpc) is 2.04. The number of halogens is 1. The molecule has 0 heterocycles. The van der Waals surface area contributed by atoms with Crippen LogP contribution in [0.5, 0.6) is 0 Å². The maximum atomic E-state index is 9.15. The number of allylic oxidation sites excluding steroid dienone is 1. The molecule has 1 unspecified atom stereocenters. The van der Waals surface area contributed by atoms with Crippen LogP contribution in [0.1, 0.15) is 11.1 Å². The van der Waals surface area contributed by atoms with Gasteiger partial charge in [-0.25, -0.2) is 0 Å². The van der Waals surface area contributed by atoms with Crippen molar-refractivity contribution in [3.8, 4) is 0 Å². The lowest BCUT2D eigenvalue weighted by atomic mass is 10.1. The molecule has 1 aromatic rings. The summed E-state index contributed by atoms with van der Waals surface area (Å²) < 4.78 is 0.111. The Hall–Kier alpha value is -0.510. The highest BCUT2D eigenvalue weighted by atomic mass is 127. The Labute approximate surface area is 92.6 Å². The van der Waals surface area contributed by atoms with Crippen LogP contribution in [0, 0.1) is 6.92 Å². The molecule has 0 amide bonds. The Kier molecular flexibility index (Phi) is 3.78. The topological polar surface area (TPSA) is 20.2 Å². The summed E-state index contributed by atoms with van der Waals surface area (Å²) in [6.07, 6.45) is 0.845. The molecule has 0 aliphatic carbocycles. The first-order valence-corrected chi connectivity index (χ1v) is 5.41. The molecule has 0 saturated heterocycles. The van der Waals surface area contributed by atoms with E-state index in [1.54, 1.807) is 0 Å². The fourth-order valence-electron chi connectivity index (χ4n) is 1.16. The molecule has 70 valence electrons. The van der Waals surface area contributed by atoms with E-state index < -0.39 is 0 Å². The molecule has 2 heteroatoms. The van der Waals surface area contributed by atoms with Gasteiger partial charge >= 0.3 is 0 Å². The summed E-state index contributed by atoms with van der Waals surface area (Å²) in [7, 11) is 0. The summed E-state index contributed by atoms with van der Waals surface area (Å²) in [5, 5.41) is 9.15. The smallest absolute Gasteiger partial charge is 0.0982 e. The molecule has 13 heavy (non-hydrogen) atoms. The molecule has 0 bridgehead atoms. The Morgan fingerprint density at radius 1 is 1.62 bits per heavy atom. The first kappa shape index (κ1) is 10.6. The monoisotopic (exact) mass is 288 g/mol. The van der Waals surface area contributed by atoms with Crippen molar-refractivity contribution >= 4 is 22.6 Å². The number of hydrogen-bond donors (Lipinski definition) is 1. The maximum Gasteiger partial charge on any atom is 0.0982 e. The minimum absolute atomic E-state index is 0.111. The van der Waals surface area contributed by atoms with Gasteiger partial charge in [-0.05, 0) is 18.9 Å². The van der Waals surface area contributed by atoms with Crippen LogP contribution in [-0.2, 0) is 6.42 Å². The molecular formula is C11H13IO. The standard InChI is InChI=1S/C11H13IO/c1-8-4-3-5-10(6-8)7-11(12)9(2)13/h3-6,11,13H,2,7H2,1H3. The van der Waals surface area contributed by atoms with Crippen molar-refractivity contribution in [1.29, 1.82) is 0 Å². The molecule has 1 N–H and O–H groups in total. The number of benzene rings is 1. The predicted molar refractivity (Wildman–Crippen MR) is 64.5 cm³/mol. The minimum Gasteiger partial charge on any atom is -0.512 e. The Morgan fingerprint density at radius 2 is 2.31 bits per heavy atom. The normalized spacial score (nSPS) is 12.5. The van der Waals surface area contributed by atoms with Gasteiger partial charge in [0.1, 0.15) is 0 Å². The Morgan fingerprint density at radius 3 is 2.85 bits per heavy atom. The average molecular weight is 288 g/mol. The summed E-state index contributed by atoms with van der Waals surface area (Å²) in [4.78, 5) is 0. The van der Waals surface area contributed by atoms with Crippen LogP contribution < -0.4 is 0 Å². The fraction of sp³-hybridized carbons (Fsp3) is 0.273. The molecular weight excluding hydrogens is 275 g/mol. The van der Waals surface area contributed by atoms with Gasteiger partial charge in [0, 0.05) is 0 Å². The van der Waals surface area contributed by atoms with Crippen molar-refractivity contribution < 1.29 is 5.11 Å². The molecule has 0 aliphatic heterocycles. The molecule has 1 nitrogen and oxygen atoms in total. The zero-order valence-electron chi connectivity index (χ0n) is 7.63. The van der Waals surface area contributed by atoms with E-state index in [0.717, 1.165) is 6.42 Å². The number of aryl methyl sites for hydroxylation is 1. The van der Waals surface area contributed by atoms with E-state index in [2.05, 4.69) is 54.3 Å². The zero-order valence-corrected chi connectivity index (χ0v) is 9.78. The summed E-state index contributed by atoms with van der Waals surface area (Å²) in [5.74, 6) is 0.252. The van der Waals surface area contributed by atoms with Crippen molar-refractivity contribution in [2.45, 2.75) is 17.3 Å². The van der Waals surface area contributed by atoms with Gasteiger partial charge in [-0.3, -0.25) is 0 Å². The summed E-state index contributed by atoms with van der Waals surface area (Å²) in [6, 6.07) is 8.31.